The van der Waals surface area contributed by atoms with Crippen LogP contribution < -0.4 is 0 Å². The molecule has 6 heteroatoms. The third kappa shape index (κ3) is 1.95. The van der Waals surface area contributed by atoms with Crippen LogP contribution in [0.15, 0.2) is 24.4 Å². The van der Waals surface area contributed by atoms with Gasteiger partial charge in [0.1, 0.15) is 0 Å². The highest BCUT2D eigenvalue weighted by Crippen LogP contribution is 2.37. The molecule has 0 amide bonds. The molecule has 0 saturated carbocycles. The molecular weight excluding hydrogens is 262 g/mol. The topological polar surface area (TPSA) is 12.9 Å². The fraction of sp³-hybridized carbons (Fsp3) is 0.100. The van der Waals surface area contributed by atoms with Gasteiger partial charge in [0.05, 0.1) is 16.1 Å². The average molecular weight is 266 g/mol. The maximum Gasteiger partial charge on any atom is 0.419 e. The van der Waals surface area contributed by atoms with Gasteiger partial charge in [0.25, 0.3) is 0 Å². The lowest BCUT2D eigenvalue weighted by Crippen LogP contribution is -2.06. The molecule has 84 valence electrons. The van der Waals surface area contributed by atoms with Gasteiger partial charge >= 0.3 is 6.18 Å². The fourth-order valence-corrected chi connectivity index (χ4v) is 1.81. The predicted molar refractivity (Wildman–Crippen MR) is 56.8 cm³/mol. The van der Waals surface area contributed by atoms with E-state index in [1.54, 1.807) is 0 Å². The molecule has 0 spiro atoms. The summed E-state index contributed by atoms with van der Waals surface area (Å²) in [4.78, 5) is 3.68. The minimum atomic E-state index is -4.50. The molecule has 0 aliphatic rings. The van der Waals surface area contributed by atoms with Gasteiger partial charge in [-0.05, 0) is 18.2 Å². The highest BCUT2D eigenvalue weighted by molar-refractivity contribution is 6.36. The lowest BCUT2D eigenvalue weighted by molar-refractivity contribution is -0.137. The molecular formula is C10H4Cl2F3N. The number of nitrogens with zero attached hydrogens (tertiary/aromatic N) is 1. The highest BCUT2D eigenvalue weighted by Gasteiger charge is 2.34. The van der Waals surface area contributed by atoms with Crippen molar-refractivity contribution in [2.75, 3.05) is 0 Å². The number of fused-ring (bicyclic) bond motifs is 1. The van der Waals surface area contributed by atoms with Crippen molar-refractivity contribution in [3.63, 3.8) is 0 Å². The molecule has 1 aromatic carbocycles. The summed E-state index contributed by atoms with van der Waals surface area (Å²) in [6.45, 7) is 0. The van der Waals surface area contributed by atoms with Crippen molar-refractivity contribution < 1.29 is 13.2 Å². The summed E-state index contributed by atoms with van der Waals surface area (Å²) in [6, 6.07) is 4.35. The van der Waals surface area contributed by atoms with Crippen LogP contribution in [0.2, 0.25) is 10.0 Å². The van der Waals surface area contributed by atoms with Gasteiger partial charge in [-0.15, -0.1) is 0 Å². The Kier molecular flexibility index (Phi) is 2.72. The van der Waals surface area contributed by atoms with Gasteiger partial charge in [-0.3, -0.25) is 4.98 Å². The molecule has 0 bridgehead atoms. The van der Waals surface area contributed by atoms with E-state index in [9.17, 15) is 13.2 Å². The average Bonchev–Trinajstić information content (AvgIpc) is 2.15. The van der Waals surface area contributed by atoms with Crippen molar-refractivity contribution in [2.24, 2.45) is 0 Å². The molecule has 2 aromatic rings. The van der Waals surface area contributed by atoms with Crippen LogP contribution in [-0.4, -0.2) is 4.98 Å². The van der Waals surface area contributed by atoms with E-state index >= 15 is 0 Å². The van der Waals surface area contributed by atoms with Gasteiger partial charge in [-0.25, -0.2) is 0 Å². The summed E-state index contributed by atoms with van der Waals surface area (Å²) in [5, 5.41) is 0.283. The van der Waals surface area contributed by atoms with Crippen molar-refractivity contribution in [2.45, 2.75) is 6.18 Å². The quantitative estimate of drug-likeness (QED) is 0.681. The van der Waals surface area contributed by atoms with Gasteiger partial charge in [0, 0.05) is 16.6 Å². The van der Waals surface area contributed by atoms with E-state index in [0.717, 1.165) is 0 Å². The van der Waals surface area contributed by atoms with Gasteiger partial charge in [-0.1, -0.05) is 23.2 Å². The molecule has 16 heavy (non-hydrogen) atoms. The van der Waals surface area contributed by atoms with Crippen LogP contribution in [0.3, 0.4) is 0 Å². The van der Waals surface area contributed by atoms with Crippen LogP contribution in [0.5, 0.6) is 0 Å². The fourth-order valence-electron chi connectivity index (χ4n) is 1.33. The van der Waals surface area contributed by atoms with Gasteiger partial charge in [0.15, 0.2) is 0 Å². The Balaban J connectivity index is 2.75. The first-order chi connectivity index (χ1) is 7.39. The van der Waals surface area contributed by atoms with E-state index < -0.39 is 11.7 Å². The van der Waals surface area contributed by atoms with E-state index in [4.69, 9.17) is 23.2 Å². The summed E-state index contributed by atoms with van der Waals surface area (Å²) in [5.41, 5.74) is -0.602. The molecule has 0 radical (unpaired) electrons. The predicted octanol–water partition coefficient (Wildman–Crippen LogP) is 4.56. The maximum absolute atomic E-state index is 12.5. The molecule has 1 nitrogen and oxygen atoms in total. The summed E-state index contributed by atoms with van der Waals surface area (Å²) in [7, 11) is 0. The van der Waals surface area contributed by atoms with Gasteiger partial charge in [-0.2, -0.15) is 13.2 Å². The number of aromatic nitrogens is 1. The zero-order valence-electron chi connectivity index (χ0n) is 7.65. The molecule has 0 atom stereocenters. The third-order valence-corrected chi connectivity index (χ3v) is 2.71. The van der Waals surface area contributed by atoms with Crippen LogP contribution in [0.1, 0.15) is 5.56 Å². The van der Waals surface area contributed by atoms with Crippen molar-refractivity contribution in [3.8, 4) is 0 Å². The first kappa shape index (κ1) is 11.5. The standard InChI is InChI=1S/C10H4Cl2F3N/c11-5-1-2-6-8(3-5)16-4-7(9(6)12)10(13,14)15/h1-4H. The smallest absolute Gasteiger partial charge is 0.255 e. The largest absolute Gasteiger partial charge is 0.419 e. The van der Waals surface area contributed by atoms with Crippen molar-refractivity contribution >= 4 is 34.1 Å². The van der Waals surface area contributed by atoms with E-state index in [2.05, 4.69) is 4.98 Å². The zero-order chi connectivity index (χ0) is 11.9. The molecule has 1 heterocycles. The van der Waals surface area contributed by atoms with E-state index in [0.29, 0.717) is 16.7 Å². The molecule has 0 aliphatic heterocycles. The minimum Gasteiger partial charge on any atom is -0.255 e. The number of alkyl halides is 3. The number of benzene rings is 1. The summed E-state index contributed by atoms with van der Waals surface area (Å²) >= 11 is 11.4. The second kappa shape index (κ2) is 3.79. The van der Waals surface area contributed by atoms with E-state index in [1.807, 2.05) is 0 Å². The Morgan fingerprint density at radius 2 is 1.81 bits per heavy atom. The maximum atomic E-state index is 12.5. The highest BCUT2D eigenvalue weighted by atomic mass is 35.5. The number of rotatable bonds is 0. The molecule has 0 saturated heterocycles. The van der Waals surface area contributed by atoms with Crippen LogP contribution in [0.4, 0.5) is 13.2 Å². The second-order valence-electron chi connectivity index (χ2n) is 3.15. The lowest BCUT2D eigenvalue weighted by atomic mass is 10.1. The van der Waals surface area contributed by atoms with Crippen molar-refractivity contribution in [3.05, 3.63) is 40.0 Å². The Bertz CT molecular complexity index is 551. The molecule has 1 aromatic heterocycles. The third-order valence-electron chi connectivity index (χ3n) is 2.07. The van der Waals surface area contributed by atoms with Gasteiger partial charge < -0.3 is 0 Å². The first-order valence-electron chi connectivity index (χ1n) is 4.20. The van der Waals surface area contributed by atoms with Gasteiger partial charge in [0.2, 0.25) is 0 Å². The SMILES string of the molecule is FC(F)(F)c1cnc2cc(Cl)ccc2c1Cl. The number of halogens is 5. The monoisotopic (exact) mass is 265 g/mol. The molecule has 0 fully saturated rings. The van der Waals surface area contributed by atoms with Crippen LogP contribution >= 0.6 is 23.2 Å². The second-order valence-corrected chi connectivity index (χ2v) is 3.96. The summed E-state index contributed by atoms with van der Waals surface area (Å²) < 4.78 is 37.5. The number of hydrogen-bond donors (Lipinski definition) is 0. The molecule has 0 unspecified atom stereocenters. The summed E-state index contributed by atoms with van der Waals surface area (Å²) in [6.07, 6.45) is -3.79. The number of pyridine rings is 1. The Labute approximate surface area is 98.8 Å². The van der Waals surface area contributed by atoms with Crippen molar-refractivity contribution in [1.82, 2.24) is 4.98 Å². The van der Waals surface area contributed by atoms with Crippen molar-refractivity contribution in [1.29, 1.82) is 0 Å². The molecule has 2 rings (SSSR count). The van der Waals surface area contributed by atoms with Crippen LogP contribution in [-0.2, 0) is 6.18 Å². The molecule has 0 aliphatic carbocycles. The Hall–Kier alpha value is -1.00. The lowest BCUT2D eigenvalue weighted by Gasteiger charge is -2.10. The summed E-state index contributed by atoms with van der Waals surface area (Å²) in [5.74, 6) is 0. The minimum absolute atomic E-state index is 0.237. The molecule has 0 N–H and O–H groups in total. The van der Waals surface area contributed by atoms with E-state index in [1.165, 1.54) is 18.2 Å². The first-order valence-corrected chi connectivity index (χ1v) is 4.96. The van der Waals surface area contributed by atoms with Crippen LogP contribution in [0.25, 0.3) is 10.9 Å². The zero-order valence-corrected chi connectivity index (χ0v) is 9.16. The normalized spacial score (nSPS) is 12.1. The van der Waals surface area contributed by atoms with Crippen LogP contribution in [0, 0.1) is 0 Å². The Morgan fingerprint density at radius 1 is 1.12 bits per heavy atom. The van der Waals surface area contributed by atoms with E-state index in [-0.39, 0.29) is 10.4 Å². The Morgan fingerprint density at radius 3 is 2.44 bits per heavy atom. The number of hydrogen-bond acceptors (Lipinski definition) is 1.